The first-order chi connectivity index (χ1) is 5.37. The highest BCUT2D eigenvalue weighted by Crippen LogP contribution is 2.56. The van der Waals surface area contributed by atoms with Gasteiger partial charge in [0.05, 0.1) is 5.60 Å². The molecule has 3 N–H and O–H groups in total. The molecule has 0 aromatic heterocycles. The maximum absolute atomic E-state index is 10.2. The largest absolute Gasteiger partial charge is 0.388 e. The standard InChI is InChI=1S/C10H19NO/c1-8(2)6-10(12,7-8)9(11)4-3-5-9/h12H,3-7,11H2,1-2H3. The average molecular weight is 169 g/mol. The van der Waals surface area contributed by atoms with Crippen molar-refractivity contribution in [3.63, 3.8) is 0 Å². The lowest BCUT2D eigenvalue weighted by atomic mass is 9.50. The van der Waals surface area contributed by atoms with Crippen LogP contribution in [0, 0.1) is 5.41 Å². The van der Waals surface area contributed by atoms with Gasteiger partial charge in [0.2, 0.25) is 0 Å². The van der Waals surface area contributed by atoms with Gasteiger partial charge in [-0.2, -0.15) is 0 Å². The molecular formula is C10H19NO. The Morgan fingerprint density at radius 2 is 1.67 bits per heavy atom. The molecule has 0 saturated heterocycles. The molecule has 0 aliphatic heterocycles. The Bertz CT molecular complexity index is 198. The molecule has 12 heavy (non-hydrogen) atoms. The molecule has 0 atom stereocenters. The summed E-state index contributed by atoms with van der Waals surface area (Å²) in [5.74, 6) is 0. The molecule has 0 spiro atoms. The van der Waals surface area contributed by atoms with Gasteiger partial charge in [-0.1, -0.05) is 13.8 Å². The third kappa shape index (κ3) is 0.944. The lowest BCUT2D eigenvalue weighted by Gasteiger charge is -2.61. The molecule has 0 aromatic carbocycles. The third-order valence-corrected chi connectivity index (χ3v) is 3.71. The maximum atomic E-state index is 10.2. The fraction of sp³-hybridized carbons (Fsp3) is 1.00. The summed E-state index contributed by atoms with van der Waals surface area (Å²) in [6, 6.07) is 0. The van der Waals surface area contributed by atoms with E-state index >= 15 is 0 Å². The molecule has 0 aromatic rings. The Morgan fingerprint density at radius 3 is 1.92 bits per heavy atom. The normalized spacial score (nSPS) is 35.0. The number of hydrogen-bond acceptors (Lipinski definition) is 2. The van der Waals surface area contributed by atoms with E-state index in [0.29, 0.717) is 5.41 Å². The quantitative estimate of drug-likeness (QED) is 0.623. The molecule has 0 bridgehead atoms. The van der Waals surface area contributed by atoms with Crippen molar-refractivity contribution in [3.8, 4) is 0 Å². The maximum Gasteiger partial charge on any atom is 0.0836 e. The highest BCUT2D eigenvalue weighted by Gasteiger charge is 2.60. The summed E-state index contributed by atoms with van der Waals surface area (Å²) in [5.41, 5.74) is 5.66. The second kappa shape index (κ2) is 2.05. The van der Waals surface area contributed by atoms with E-state index in [1.54, 1.807) is 0 Å². The van der Waals surface area contributed by atoms with E-state index in [1.807, 2.05) is 0 Å². The highest BCUT2D eigenvalue weighted by molar-refractivity contribution is 5.16. The SMILES string of the molecule is CC1(C)CC(O)(C2(N)CCC2)C1. The second-order valence-electron chi connectivity index (χ2n) is 5.56. The number of rotatable bonds is 1. The van der Waals surface area contributed by atoms with E-state index in [9.17, 15) is 5.11 Å². The molecule has 2 aliphatic rings. The minimum absolute atomic E-state index is 0.234. The number of nitrogens with two attached hydrogens (primary N) is 1. The number of aliphatic hydroxyl groups is 1. The Kier molecular flexibility index (Phi) is 1.45. The fourth-order valence-electron chi connectivity index (χ4n) is 2.91. The summed E-state index contributed by atoms with van der Waals surface area (Å²) in [6.07, 6.45) is 4.99. The molecule has 2 fully saturated rings. The van der Waals surface area contributed by atoms with Crippen molar-refractivity contribution in [2.75, 3.05) is 0 Å². The number of hydrogen-bond donors (Lipinski definition) is 2. The van der Waals surface area contributed by atoms with Crippen LogP contribution in [0.25, 0.3) is 0 Å². The van der Waals surface area contributed by atoms with Crippen LogP contribution < -0.4 is 5.73 Å². The van der Waals surface area contributed by atoms with Gasteiger partial charge in [0.25, 0.3) is 0 Å². The molecule has 2 saturated carbocycles. The monoisotopic (exact) mass is 169 g/mol. The van der Waals surface area contributed by atoms with E-state index in [1.165, 1.54) is 6.42 Å². The molecule has 0 heterocycles. The van der Waals surface area contributed by atoms with Gasteiger partial charge in [-0.3, -0.25) is 0 Å². The van der Waals surface area contributed by atoms with Crippen molar-refractivity contribution < 1.29 is 5.11 Å². The highest BCUT2D eigenvalue weighted by atomic mass is 16.3. The van der Waals surface area contributed by atoms with Crippen LogP contribution in [0.4, 0.5) is 0 Å². The molecule has 2 rings (SSSR count). The van der Waals surface area contributed by atoms with Gasteiger partial charge in [-0.25, -0.2) is 0 Å². The second-order valence-corrected chi connectivity index (χ2v) is 5.56. The van der Waals surface area contributed by atoms with Crippen molar-refractivity contribution in [1.82, 2.24) is 0 Å². The molecule has 2 heteroatoms. The molecule has 0 amide bonds. The molecule has 0 unspecified atom stereocenters. The third-order valence-electron chi connectivity index (χ3n) is 3.71. The lowest BCUT2D eigenvalue weighted by Crippen LogP contribution is -2.71. The van der Waals surface area contributed by atoms with Crippen LogP contribution in [0.15, 0.2) is 0 Å². The summed E-state index contributed by atoms with van der Waals surface area (Å²) in [5, 5.41) is 10.2. The van der Waals surface area contributed by atoms with Crippen LogP contribution in [0.5, 0.6) is 0 Å². The fourth-order valence-corrected chi connectivity index (χ4v) is 2.91. The van der Waals surface area contributed by atoms with E-state index in [2.05, 4.69) is 13.8 Å². The molecular weight excluding hydrogens is 150 g/mol. The summed E-state index contributed by atoms with van der Waals surface area (Å²) in [6.45, 7) is 4.40. The Morgan fingerprint density at radius 1 is 1.17 bits per heavy atom. The van der Waals surface area contributed by atoms with Gasteiger partial charge in [0.1, 0.15) is 0 Å². The van der Waals surface area contributed by atoms with Crippen molar-refractivity contribution in [2.24, 2.45) is 11.1 Å². The van der Waals surface area contributed by atoms with Crippen molar-refractivity contribution in [2.45, 2.75) is 57.1 Å². The Hall–Kier alpha value is -0.0800. The summed E-state index contributed by atoms with van der Waals surface area (Å²) < 4.78 is 0. The van der Waals surface area contributed by atoms with Crippen LogP contribution in [-0.4, -0.2) is 16.2 Å². The average Bonchev–Trinajstić information content (AvgIpc) is 1.77. The first-order valence-corrected chi connectivity index (χ1v) is 4.88. The molecule has 70 valence electrons. The molecule has 0 radical (unpaired) electrons. The molecule has 2 nitrogen and oxygen atoms in total. The first kappa shape index (κ1) is 8.52. The van der Waals surface area contributed by atoms with Crippen molar-refractivity contribution >= 4 is 0 Å². The van der Waals surface area contributed by atoms with Gasteiger partial charge in [-0.05, 0) is 37.5 Å². The van der Waals surface area contributed by atoms with E-state index < -0.39 is 5.60 Å². The van der Waals surface area contributed by atoms with Crippen LogP contribution in [0.3, 0.4) is 0 Å². The minimum Gasteiger partial charge on any atom is -0.388 e. The summed E-state index contributed by atoms with van der Waals surface area (Å²) in [7, 11) is 0. The predicted octanol–water partition coefficient (Wildman–Crippen LogP) is 1.42. The van der Waals surface area contributed by atoms with Crippen LogP contribution in [0.1, 0.15) is 46.0 Å². The first-order valence-electron chi connectivity index (χ1n) is 4.88. The van der Waals surface area contributed by atoms with Gasteiger partial charge < -0.3 is 10.8 Å². The predicted molar refractivity (Wildman–Crippen MR) is 48.7 cm³/mol. The zero-order valence-electron chi connectivity index (χ0n) is 8.06. The van der Waals surface area contributed by atoms with E-state index in [-0.39, 0.29) is 5.54 Å². The lowest BCUT2D eigenvalue weighted by molar-refractivity contribution is -0.180. The molecule has 2 aliphatic carbocycles. The van der Waals surface area contributed by atoms with Gasteiger partial charge in [0.15, 0.2) is 0 Å². The zero-order chi connectivity index (χ0) is 9.04. The minimum atomic E-state index is -0.533. The van der Waals surface area contributed by atoms with Gasteiger partial charge in [-0.15, -0.1) is 0 Å². The van der Waals surface area contributed by atoms with Gasteiger partial charge >= 0.3 is 0 Å². The smallest absolute Gasteiger partial charge is 0.0836 e. The zero-order valence-corrected chi connectivity index (χ0v) is 8.06. The Labute approximate surface area is 74.1 Å². The summed E-state index contributed by atoms with van der Waals surface area (Å²) >= 11 is 0. The summed E-state index contributed by atoms with van der Waals surface area (Å²) in [4.78, 5) is 0. The topological polar surface area (TPSA) is 46.2 Å². The van der Waals surface area contributed by atoms with E-state index in [0.717, 1.165) is 25.7 Å². The van der Waals surface area contributed by atoms with Crippen LogP contribution in [0.2, 0.25) is 0 Å². The van der Waals surface area contributed by atoms with E-state index in [4.69, 9.17) is 5.73 Å². The van der Waals surface area contributed by atoms with Crippen molar-refractivity contribution in [1.29, 1.82) is 0 Å². The van der Waals surface area contributed by atoms with Crippen LogP contribution in [-0.2, 0) is 0 Å². The Balaban J connectivity index is 2.06. The van der Waals surface area contributed by atoms with Crippen LogP contribution >= 0.6 is 0 Å². The van der Waals surface area contributed by atoms with Crippen molar-refractivity contribution in [3.05, 3.63) is 0 Å². The van der Waals surface area contributed by atoms with Gasteiger partial charge in [0, 0.05) is 5.54 Å².